The molecule has 1 aromatic heterocycles. The van der Waals surface area contributed by atoms with Crippen molar-refractivity contribution in [3.05, 3.63) is 52.9 Å². The zero-order valence-corrected chi connectivity index (χ0v) is 13.9. The van der Waals surface area contributed by atoms with E-state index in [1.54, 1.807) is 6.07 Å². The molecular weight excluding hydrogens is 322 g/mol. The van der Waals surface area contributed by atoms with Gasteiger partial charge in [0.25, 0.3) is 10.0 Å². The molecule has 1 heterocycles. The van der Waals surface area contributed by atoms with E-state index in [-0.39, 0.29) is 16.7 Å². The summed E-state index contributed by atoms with van der Waals surface area (Å²) in [6.45, 7) is 1.82. The van der Waals surface area contributed by atoms with Crippen LogP contribution >= 0.6 is 11.3 Å². The van der Waals surface area contributed by atoms with Crippen molar-refractivity contribution < 1.29 is 18.3 Å². The van der Waals surface area contributed by atoms with E-state index in [2.05, 4.69) is 0 Å². The van der Waals surface area contributed by atoms with Gasteiger partial charge in [-0.3, -0.25) is 4.79 Å². The lowest BCUT2D eigenvalue weighted by atomic mass is 10.1. The summed E-state index contributed by atoms with van der Waals surface area (Å²) in [7, 11) is -2.11. The minimum Gasteiger partial charge on any atom is -0.481 e. The molecule has 0 aliphatic carbocycles. The van der Waals surface area contributed by atoms with Crippen molar-refractivity contribution in [1.29, 1.82) is 0 Å². The van der Waals surface area contributed by atoms with Gasteiger partial charge < -0.3 is 5.11 Å². The van der Waals surface area contributed by atoms with Gasteiger partial charge in [-0.2, -0.15) is 4.31 Å². The summed E-state index contributed by atoms with van der Waals surface area (Å²) in [5.41, 5.74) is 0.899. The Bertz CT molecular complexity index is 753. The van der Waals surface area contributed by atoms with Crippen LogP contribution in [0.1, 0.15) is 23.4 Å². The van der Waals surface area contributed by atoms with E-state index in [1.807, 2.05) is 37.3 Å². The second-order valence-corrected chi connectivity index (χ2v) is 8.29. The highest BCUT2D eigenvalue weighted by Gasteiger charge is 2.27. The van der Waals surface area contributed by atoms with E-state index in [4.69, 9.17) is 5.11 Å². The van der Waals surface area contributed by atoms with Crippen LogP contribution in [0, 0.1) is 0 Å². The molecule has 0 spiro atoms. The zero-order valence-electron chi connectivity index (χ0n) is 12.3. The number of hydrogen-bond acceptors (Lipinski definition) is 4. The summed E-state index contributed by atoms with van der Waals surface area (Å²) < 4.78 is 26.7. The summed E-state index contributed by atoms with van der Waals surface area (Å²) in [5.74, 6) is -0.975. The lowest BCUT2D eigenvalue weighted by Crippen LogP contribution is -2.29. The molecule has 1 N–H and O–H groups in total. The fourth-order valence-electron chi connectivity index (χ4n) is 2.03. The number of sulfonamides is 1. The van der Waals surface area contributed by atoms with Crippen molar-refractivity contribution in [2.45, 2.75) is 23.6 Å². The summed E-state index contributed by atoms with van der Waals surface area (Å²) in [6, 6.07) is 12.1. The first-order valence-electron chi connectivity index (χ1n) is 6.66. The van der Waals surface area contributed by atoms with E-state index in [0.29, 0.717) is 4.88 Å². The molecule has 1 unspecified atom stereocenters. The number of aliphatic carboxylic acids is 1. The normalized spacial score (nSPS) is 13.2. The van der Waals surface area contributed by atoms with Crippen molar-refractivity contribution in [3.8, 4) is 0 Å². The highest BCUT2D eigenvalue weighted by molar-refractivity contribution is 7.91. The summed E-state index contributed by atoms with van der Waals surface area (Å²) in [5, 5.41) is 8.77. The van der Waals surface area contributed by atoms with Crippen LogP contribution in [0.2, 0.25) is 0 Å². The van der Waals surface area contributed by atoms with Crippen molar-refractivity contribution in [3.63, 3.8) is 0 Å². The Kier molecular flexibility index (Phi) is 5.00. The van der Waals surface area contributed by atoms with Crippen LogP contribution in [0.3, 0.4) is 0 Å². The van der Waals surface area contributed by atoms with Crippen LogP contribution in [0.25, 0.3) is 0 Å². The van der Waals surface area contributed by atoms with E-state index in [9.17, 15) is 13.2 Å². The Morgan fingerprint density at radius 3 is 2.45 bits per heavy atom. The third kappa shape index (κ3) is 3.55. The van der Waals surface area contributed by atoms with Crippen LogP contribution in [0.4, 0.5) is 0 Å². The molecule has 0 aliphatic heterocycles. The largest absolute Gasteiger partial charge is 0.481 e. The van der Waals surface area contributed by atoms with Crippen molar-refractivity contribution in [2.24, 2.45) is 0 Å². The first-order valence-corrected chi connectivity index (χ1v) is 8.91. The number of nitrogens with zero attached hydrogens (tertiary/aromatic N) is 1. The van der Waals surface area contributed by atoms with Crippen molar-refractivity contribution >= 4 is 27.3 Å². The molecule has 0 aliphatic rings. The van der Waals surface area contributed by atoms with Gasteiger partial charge in [0.2, 0.25) is 0 Å². The van der Waals surface area contributed by atoms with E-state index in [1.165, 1.54) is 17.4 Å². The monoisotopic (exact) mass is 339 g/mol. The number of carboxylic acids is 1. The molecule has 0 fully saturated rings. The highest BCUT2D eigenvalue weighted by Crippen LogP contribution is 2.29. The van der Waals surface area contributed by atoms with Gasteiger partial charge in [0.1, 0.15) is 4.21 Å². The quantitative estimate of drug-likeness (QED) is 0.878. The molecule has 0 amide bonds. The average Bonchev–Trinajstić information content (AvgIpc) is 2.95. The number of rotatable bonds is 6. The van der Waals surface area contributed by atoms with Crippen LogP contribution in [0.15, 0.2) is 46.7 Å². The van der Waals surface area contributed by atoms with Crippen LogP contribution in [-0.2, 0) is 21.2 Å². The SMILES string of the molecule is CC(c1ccccc1)N(C)S(=O)(=O)c1ccc(CC(=O)O)s1. The zero-order chi connectivity index (χ0) is 16.3. The molecule has 1 atom stereocenters. The fourth-order valence-corrected chi connectivity index (χ4v) is 4.92. The number of benzene rings is 1. The van der Waals surface area contributed by atoms with Gasteiger partial charge in [-0.1, -0.05) is 30.3 Å². The maximum Gasteiger partial charge on any atom is 0.308 e. The lowest BCUT2D eigenvalue weighted by Gasteiger charge is -2.23. The van der Waals surface area contributed by atoms with Crippen LogP contribution < -0.4 is 0 Å². The van der Waals surface area contributed by atoms with Crippen molar-refractivity contribution in [2.75, 3.05) is 7.05 Å². The second-order valence-electron chi connectivity index (χ2n) is 4.90. The molecule has 2 aromatic rings. The van der Waals surface area contributed by atoms with Crippen LogP contribution in [0.5, 0.6) is 0 Å². The number of hydrogen-bond donors (Lipinski definition) is 1. The molecule has 0 radical (unpaired) electrons. The number of carboxylic acid groups (broad SMARTS) is 1. The predicted octanol–water partition coefficient (Wildman–Crippen LogP) is 2.76. The summed E-state index contributed by atoms with van der Waals surface area (Å²) in [6.07, 6.45) is -0.169. The third-order valence-corrected chi connectivity index (χ3v) is 6.90. The Morgan fingerprint density at radius 1 is 1.23 bits per heavy atom. The molecule has 0 saturated carbocycles. The maximum absolute atomic E-state index is 12.6. The Balaban J connectivity index is 2.25. The topological polar surface area (TPSA) is 74.7 Å². The van der Waals surface area contributed by atoms with Gasteiger partial charge in [0, 0.05) is 18.0 Å². The van der Waals surface area contributed by atoms with Crippen LogP contribution in [-0.4, -0.2) is 30.8 Å². The molecule has 7 heteroatoms. The maximum atomic E-state index is 12.6. The summed E-state index contributed by atoms with van der Waals surface area (Å²) >= 11 is 0.999. The first kappa shape index (κ1) is 16.7. The smallest absolute Gasteiger partial charge is 0.308 e. The Hall–Kier alpha value is -1.70. The van der Waals surface area contributed by atoms with Gasteiger partial charge in [0.15, 0.2) is 0 Å². The highest BCUT2D eigenvalue weighted by atomic mass is 32.2. The lowest BCUT2D eigenvalue weighted by molar-refractivity contribution is -0.136. The minimum atomic E-state index is -3.64. The Morgan fingerprint density at radius 2 is 1.86 bits per heavy atom. The molecule has 0 bridgehead atoms. The average molecular weight is 339 g/mol. The number of carbonyl (C=O) groups is 1. The molecule has 118 valence electrons. The molecule has 1 aromatic carbocycles. The fraction of sp³-hybridized carbons (Fsp3) is 0.267. The molecule has 5 nitrogen and oxygen atoms in total. The van der Waals surface area contributed by atoms with Gasteiger partial charge in [0.05, 0.1) is 6.42 Å². The number of thiophene rings is 1. The van der Waals surface area contributed by atoms with Gasteiger partial charge in [-0.15, -0.1) is 11.3 Å². The predicted molar refractivity (Wildman–Crippen MR) is 85.5 cm³/mol. The minimum absolute atomic E-state index is 0.161. The molecular formula is C15H17NO4S2. The van der Waals surface area contributed by atoms with E-state index < -0.39 is 16.0 Å². The third-order valence-electron chi connectivity index (χ3n) is 3.42. The summed E-state index contributed by atoms with van der Waals surface area (Å²) in [4.78, 5) is 11.2. The van der Waals surface area contributed by atoms with E-state index in [0.717, 1.165) is 16.9 Å². The van der Waals surface area contributed by atoms with Gasteiger partial charge >= 0.3 is 5.97 Å². The molecule has 22 heavy (non-hydrogen) atoms. The van der Waals surface area contributed by atoms with Gasteiger partial charge in [-0.25, -0.2) is 8.42 Å². The van der Waals surface area contributed by atoms with Crippen molar-refractivity contribution in [1.82, 2.24) is 4.31 Å². The van der Waals surface area contributed by atoms with E-state index >= 15 is 0 Å². The second kappa shape index (κ2) is 6.60. The molecule has 0 saturated heterocycles. The van der Waals surface area contributed by atoms with Gasteiger partial charge in [-0.05, 0) is 24.6 Å². The standard InChI is InChI=1S/C15H17NO4S2/c1-11(12-6-4-3-5-7-12)16(2)22(19,20)15-9-8-13(21-15)10-14(17)18/h3-9,11H,10H2,1-2H3,(H,17,18). The molecule has 2 rings (SSSR count). The first-order chi connectivity index (χ1) is 10.3. The Labute approximate surface area is 133 Å².